The van der Waals surface area contributed by atoms with Crippen LogP contribution in [0.1, 0.15) is 119 Å². The Labute approximate surface area is 476 Å². The second kappa shape index (κ2) is 37.0. The molecule has 1 aliphatic rings. The van der Waals surface area contributed by atoms with Crippen molar-refractivity contribution in [3.05, 3.63) is 35.9 Å². The highest BCUT2D eigenvalue weighted by atomic mass is 16.7. The van der Waals surface area contributed by atoms with E-state index in [0.717, 1.165) is 5.56 Å². The number of nitrogens with zero attached hydrogens (tertiary/aromatic N) is 3. The highest BCUT2D eigenvalue weighted by Gasteiger charge is 2.44. The Hall–Kier alpha value is -5.26. The first kappa shape index (κ1) is 70.8. The van der Waals surface area contributed by atoms with E-state index in [2.05, 4.69) is 21.3 Å². The van der Waals surface area contributed by atoms with Gasteiger partial charge in [0, 0.05) is 73.2 Å². The maximum atomic E-state index is 14.5. The van der Waals surface area contributed by atoms with Crippen molar-refractivity contribution in [1.29, 1.82) is 0 Å². The van der Waals surface area contributed by atoms with Gasteiger partial charge in [0.25, 0.3) is 0 Å². The van der Waals surface area contributed by atoms with Crippen molar-refractivity contribution in [3.63, 3.8) is 0 Å². The fourth-order valence-corrected chi connectivity index (χ4v) is 10.3. The molecule has 0 saturated carbocycles. The molecule has 22 heteroatoms. The van der Waals surface area contributed by atoms with Gasteiger partial charge in [0.2, 0.25) is 29.5 Å². The highest BCUT2D eigenvalue weighted by molar-refractivity contribution is 5.91. The van der Waals surface area contributed by atoms with Gasteiger partial charge in [-0.3, -0.25) is 33.7 Å². The first-order valence-electron chi connectivity index (χ1n) is 28.5. The molecule has 0 bridgehead atoms. The van der Waals surface area contributed by atoms with Crippen LogP contribution in [0.2, 0.25) is 0 Å². The van der Waals surface area contributed by atoms with Crippen molar-refractivity contribution >= 4 is 47.4 Å². The number of hydrogen-bond donors (Lipinski definition) is 5. The van der Waals surface area contributed by atoms with Crippen LogP contribution in [0.25, 0.3) is 0 Å². The van der Waals surface area contributed by atoms with Crippen molar-refractivity contribution in [2.24, 2.45) is 29.6 Å². The SMILES string of the molecule is CCC(CO)OC(COC(=O)NCCC(=O)N[C@@H](C)C(=O)OCCCNC(=O)[C@H](Cc1ccccc1)NC(=O)[C@H](C)[C@@H](OC)[C@@H]1CCCN1C(=O)C[C@@H](OC)[C@H]([C@@H](C)CC)N(C)C(=O)[C@@H](CC(=O)[C@H](C(C)C)N(C)C)C(C)C)OC. The normalized spacial score (nSPS) is 17.7. The number of ether oxygens (including phenoxy) is 6. The summed E-state index contributed by atoms with van der Waals surface area (Å²) in [4.78, 5) is 113. The molecule has 2 unspecified atom stereocenters. The number of esters is 1. The average Bonchev–Trinajstić information content (AvgIpc) is 3.92. The van der Waals surface area contributed by atoms with Crippen LogP contribution in [-0.4, -0.2) is 204 Å². The number of ketones is 1. The number of Topliss-reactive ketones (excluding diaryl/α,β-unsaturated/α-hetero) is 1. The minimum absolute atomic E-state index is 0.0130. The Morgan fingerprint density at radius 3 is 2.02 bits per heavy atom. The van der Waals surface area contributed by atoms with Gasteiger partial charge in [0.15, 0.2) is 12.1 Å². The molecule has 12 atom stereocenters. The number of carbonyl (C=O) groups excluding carboxylic acids is 8. The van der Waals surface area contributed by atoms with E-state index in [9.17, 15) is 43.5 Å². The van der Waals surface area contributed by atoms with Crippen LogP contribution in [0.15, 0.2) is 30.3 Å². The number of nitrogens with one attached hydrogen (secondary N) is 4. The van der Waals surface area contributed by atoms with Crippen LogP contribution in [0, 0.1) is 29.6 Å². The van der Waals surface area contributed by atoms with Gasteiger partial charge in [0.05, 0.1) is 62.0 Å². The molecular weight excluding hydrogens is 1030 g/mol. The molecule has 1 heterocycles. The zero-order valence-electron chi connectivity index (χ0n) is 50.6. The third kappa shape index (κ3) is 22.9. The third-order valence-corrected chi connectivity index (χ3v) is 15.1. The quantitative estimate of drug-likeness (QED) is 0.0357. The molecule has 1 saturated heterocycles. The second-order valence-corrected chi connectivity index (χ2v) is 21.9. The van der Waals surface area contributed by atoms with E-state index in [-0.39, 0.29) is 106 Å². The van der Waals surface area contributed by atoms with E-state index in [0.29, 0.717) is 32.2 Å². The molecular formula is C58H99N7O15. The summed E-state index contributed by atoms with van der Waals surface area (Å²) < 4.78 is 33.1. The molecule has 22 nitrogen and oxygen atoms in total. The first-order chi connectivity index (χ1) is 37.9. The number of likely N-dealkylation sites (N-methyl/N-ethyl adjacent to an activating group) is 2. The predicted octanol–water partition coefficient (Wildman–Crippen LogP) is 3.88. The van der Waals surface area contributed by atoms with Gasteiger partial charge in [-0.25, -0.2) is 9.59 Å². The van der Waals surface area contributed by atoms with Crippen molar-refractivity contribution in [2.45, 2.75) is 175 Å². The van der Waals surface area contributed by atoms with Gasteiger partial charge in [-0.2, -0.15) is 0 Å². The monoisotopic (exact) mass is 1130 g/mol. The number of methoxy groups -OCH3 is 3. The fourth-order valence-electron chi connectivity index (χ4n) is 10.3. The molecule has 80 heavy (non-hydrogen) atoms. The second-order valence-electron chi connectivity index (χ2n) is 21.9. The third-order valence-electron chi connectivity index (χ3n) is 15.1. The van der Waals surface area contributed by atoms with E-state index in [1.807, 2.05) is 97.8 Å². The summed E-state index contributed by atoms with van der Waals surface area (Å²) in [5, 5.41) is 20.0. The van der Waals surface area contributed by atoms with Crippen LogP contribution in [0.4, 0.5) is 4.79 Å². The van der Waals surface area contributed by atoms with Crippen LogP contribution in [-0.2, 0) is 68.4 Å². The standard InChI is InChI=1S/C58H99N7O15/c1-16-38(7)52(64(12)56(72)43(36(3)4)32-46(67)51(37(5)6)63(10)11)47(75-13)33-49(69)65-29-21-25-45(65)53(77-15)39(8)54(70)62-44(31-41-23-19-18-20-24-41)55(71)59-27-22-30-78-57(73)40(9)61-48(68)26-28-60-58(74)79-35-50(76-14)80-42(17-2)34-66/h18-20,23-24,36-40,42-45,47,50-53,66H,16-17,21-22,25-35H2,1-15H3,(H,59,71)(H,60,74)(H,61,68)(H,62,70)/t38-,39+,40-,42?,43-,44-,45-,47+,50?,51-,52-,53+/m0/s1. The number of amides is 6. The minimum atomic E-state index is -1.01. The molecule has 0 spiro atoms. The van der Waals surface area contributed by atoms with Crippen molar-refractivity contribution in [3.8, 4) is 0 Å². The number of rotatable bonds is 38. The molecule has 2 rings (SSSR count). The molecule has 456 valence electrons. The lowest BCUT2D eigenvalue weighted by Gasteiger charge is -2.41. The lowest BCUT2D eigenvalue weighted by atomic mass is 9.83. The van der Waals surface area contributed by atoms with Crippen molar-refractivity contribution in [2.75, 3.05) is 81.9 Å². The van der Waals surface area contributed by atoms with Gasteiger partial charge in [-0.1, -0.05) is 92.1 Å². The lowest BCUT2D eigenvalue weighted by Crippen LogP contribution is -2.55. The topological polar surface area (TPSA) is 270 Å². The van der Waals surface area contributed by atoms with Gasteiger partial charge >= 0.3 is 12.1 Å². The average molecular weight is 1130 g/mol. The molecule has 6 amide bonds. The molecule has 0 aromatic heterocycles. The summed E-state index contributed by atoms with van der Waals surface area (Å²) in [6, 6.07) is 5.92. The molecule has 1 aromatic rings. The Morgan fingerprint density at radius 2 is 1.46 bits per heavy atom. The van der Waals surface area contributed by atoms with E-state index in [1.165, 1.54) is 21.1 Å². The summed E-state index contributed by atoms with van der Waals surface area (Å²) in [6.45, 7) is 16.9. The van der Waals surface area contributed by atoms with Crippen LogP contribution in [0.5, 0.6) is 0 Å². The maximum absolute atomic E-state index is 14.5. The molecule has 0 radical (unpaired) electrons. The Morgan fingerprint density at radius 1 is 0.787 bits per heavy atom. The molecule has 0 aliphatic carbocycles. The maximum Gasteiger partial charge on any atom is 0.407 e. The number of likely N-dealkylation sites (tertiary alicyclic amines) is 1. The van der Waals surface area contributed by atoms with Gasteiger partial charge in [0.1, 0.15) is 18.7 Å². The Kier molecular flexibility index (Phi) is 32.7. The number of benzene rings is 1. The predicted molar refractivity (Wildman–Crippen MR) is 302 cm³/mol. The van der Waals surface area contributed by atoms with Gasteiger partial charge in [-0.15, -0.1) is 0 Å². The van der Waals surface area contributed by atoms with E-state index in [1.54, 1.807) is 30.9 Å². The Bertz CT molecular complexity index is 2050. The van der Waals surface area contributed by atoms with E-state index >= 15 is 0 Å². The smallest absolute Gasteiger partial charge is 0.407 e. The summed E-state index contributed by atoms with van der Waals surface area (Å²) >= 11 is 0. The summed E-state index contributed by atoms with van der Waals surface area (Å²) in [5.41, 5.74) is 0.802. The largest absolute Gasteiger partial charge is 0.464 e. The number of aliphatic hydroxyl groups is 1. The van der Waals surface area contributed by atoms with Gasteiger partial charge < -0.3 is 64.6 Å². The minimum Gasteiger partial charge on any atom is -0.464 e. The zero-order valence-corrected chi connectivity index (χ0v) is 50.6. The van der Waals surface area contributed by atoms with Crippen molar-refractivity contribution < 1.29 is 71.9 Å². The zero-order chi connectivity index (χ0) is 60.2. The molecule has 5 N–H and O–H groups in total. The van der Waals surface area contributed by atoms with Gasteiger partial charge in [-0.05, 0) is 70.0 Å². The van der Waals surface area contributed by atoms with E-state index < -0.39 is 90.4 Å². The molecule has 1 fully saturated rings. The number of alkyl carbamates (subject to hydrolysis) is 1. The summed E-state index contributed by atoms with van der Waals surface area (Å²) in [7, 11) is 9.91. The van der Waals surface area contributed by atoms with E-state index in [4.69, 9.17) is 28.4 Å². The van der Waals surface area contributed by atoms with Crippen LogP contribution >= 0.6 is 0 Å². The number of hydrogen-bond acceptors (Lipinski definition) is 16. The number of carbonyl (C=O) groups is 8. The summed E-state index contributed by atoms with van der Waals surface area (Å²) in [5.74, 6) is -3.99. The fraction of sp³-hybridized carbons (Fsp3) is 0.759. The lowest BCUT2D eigenvalue weighted by molar-refractivity contribution is -0.181. The Balaban J connectivity index is 2.07. The number of aliphatic hydroxyl groups excluding tert-OH is 1. The highest BCUT2D eigenvalue weighted by Crippen LogP contribution is 2.31. The molecule has 1 aliphatic heterocycles. The van der Waals surface area contributed by atoms with Crippen molar-refractivity contribution in [1.82, 2.24) is 36.0 Å². The van der Waals surface area contributed by atoms with Crippen LogP contribution in [0.3, 0.4) is 0 Å². The molecule has 1 aromatic carbocycles. The van der Waals surface area contributed by atoms with Crippen LogP contribution < -0.4 is 21.3 Å². The summed E-state index contributed by atoms with van der Waals surface area (Å²) in [6.07, 6.45) is -0.821. The first-order valence-corrected chi connectivity index (χ1v) is 28.5.